The second-order valence-corrected chi connectivity index (χ2v) is 9.84. The minimum atomic E-state index is -3.70. The SMILES string of the molecule is CCCCNC(=O)C(C)N(Cc1cccc(C)c1)C(=O)CN(c1ccccc1)S(C)(=O)=O. The van der Waals surface area contributed by atoms with Gasteiger partial charge in [-0.05, 0) is 38.0 Å². The van der Waals surface area contributed by atoms with E-state index in [2.05, 4.69) is 5.32 Å². The fourth-order valence-corrected chi connectivity index (χ4v) is 4.18. The second-order valence-electron chi connectivity index (χ2n) is 7.94. The summed E-state index contributed by atoms with van der Waals surface area (Å²) in [6, 6.07) is 15.4. The summed E-state index contributed by atoms with van der Waals surface area (Å²) >= 11 is 0. The van der Waals surface area contributed by atoms with Crippen LogP contribution in [0.4, 0.5) is 5.69 Å². The predicted molar refractivity (Wildman–Crippen MR) is 128 cm³/mol. The summed E-state index contributed by atoms with van der Waals surface area (Å²) in [5.41, 5.74) is 2.31. The molecule has 1 unspecified atom stereocenters. The van der Waals surface area contributed by atoms with Crippen molar-refractivity contribution < 1.29 is 18.0 Å². The Morgan fingerprint density at radius 2 is 1.75 bits per heavy atom. The zero-order valence-corrected chi connectivity index (χ0v) is 20.1. The lowest BCUT2D eigenvalue weighted by molar-refractivity contribution is -0.139. The first kappa shape index (κ1) is 25.4. The van der Waals surface area contributed by atoms with Gasteiger partial charge < -0.3 is 10.2 Å². The van der Waals surface area contributed by atoms with Gasteiger partial charge >= 0.3 is 0 Å². The molecule has 32 heavy (non-hydrogen) atoms. The van der Waals surface area contributed by atoms with Crippen LogP contribution < -0.4 is 9.62 Å². The van der Waals surface area contributed by atoms with Crippen LogP contribution in [0.25, 0.3) is 0 Å². The van der Waals surface area contributed by atoms with Crippen molar-refractivity contribution in [1.82, 2.24) is 10.2 Å². The highest BCUT2D eigenvalue weighted by Crippen LogP contribution is 2.18. The molecule has 2 rings (SSSR count). The van der Waals surface area contributed by atoms with E-state index in [4.69, 9.17) is 0 Å². The highest BCUT2D eigenvalue weighted by molar-refractivity contribution is 7.92. The third-order valence-electron chi connectivity index (χ3n) is 5.16. The topological polar surface area (TPSA) is 86.8 Å². The Morgan fingerprint density at radius 3 is 2.34 bits per heavy atom. The molecule has 1 atom stereocenters. The van der Waals surface area contributed by atoms with Gasteiger partial charge in [0.15, 0.2) is 0 Å². The Labute approximate surface area is 191 Å². The van der Waals surface area contributed by atoms with E-state index in [1.54, 1.807) is 37.3 Å². The van der Waals surface area contributed by atoms with Gasteiger partial charge in [-0.2, -0.15) is 0 Å². The molecule has 7 nitrogen and oxygen atoms in total. The first-order valence-electron chi connectivity index (χ1n) is 10.8. The largest absolute Gasteiger partial charge is 0.354 e. The van der Waals surface area contributed by atoms with Crippen LogP contribution >= 0.6 is 0 Å². The average Bonchev–Trinajstić information content (AvgIpc) is 2.75. The van der Waals surface area contributed by atoms with Gasteiger partial charge in [-0.3, -0.25) is 13.9 Å². The maximum absolute atomic E-state index is 13.4. The molecule has 0 spiro atoms. The van der Waals surface area contributed by atoms with Crippen molar-refractivity contribution in [3.8, 4) is 0 Å². The lowest BCUT2D eigenvalue weighted by Gasteiger charge is -2.31. The molecule has 2 aromatic carbocycles. The van der Waals surface area contributed by atoms with E-state index >= 15 is 0 Å². The van der Waals surface area contributed by atoms with Crippen LogP contribution in [0.3, 0.4) is 0 Å². The molecule has 0 bridgehead atoms. The van der Waals surface area contributed by atoms with Gasteiger partial charge in [0.25, 0.3) is 0 Å². The standard InChI is InChI=1S/C24H33N3O4S/c1-5-6-15-25-24(29)20(3)26(17-21-12-10-11-19(2)16-21)23(28)18-27(32(4,30)31)22-13-8-7-9-14-22/h7-14,16,20H,5-6,15,17-18H2,1-4H3,(H,25,29). The van der Waals surface area contributed by atoms with Crippen LogP contribution in [0.5, 0.6) is 0 Å². The lowest BCUT2D eigenvalue weighted by Crippen LogP contribution is -2.51. The summed E-state index contributed by atoms with van der Waals surface area (Å²) in [6.45, 7) is 6.01. The van der Waals surface area contributed by atoms with Gasteiger partial charge in [0.2, 0.25) is 21.8 Å². The smallest absolute Gasteiger partial charge is 0.244 e. The number of nitrogens with one attached hydrogen (secondary N) is 1. The molecule has 0 fully saturated rings. The zero-order valence-electron chi connectivity index (χ0n) is 19.2. The molecule has 0 saturated heterocycles. The highest BCUT2D eigenvalue weighted by Gasteiger charge is 2.29. The third kappa shape index (κ3) is 7.37. The lowest BCUT2D eigenvalue weighted by atomic mass is 10.1. The minimum absolute atomic E-state index is 0.204. The van der Waals surface area contributed by atoms with Crippen LogP contribution in [-0.2, 0) is 26.2 Å². The summed E-state index contributed by atoms with van der Waals surface area (Å²) in [7, 11) is -3.70. The Hall–Kier alpha value is -2.87. The molecule has 0 radical (unpaired) electrons. The molecule has 8 heteroatoms. The Bertz CT molecular complexity index is 1010. The summed E-state index contributed by atoms with van der Waals surface area (Å²) < 4.78 is 26.0. The summed E-state index contributed by atoms with van der Waals surface area (Å²) in [5, 5.41) is 2.87. The minimum Gasteiger partial charge on any atom is -0.354 e. The van der Waals surface area contributed by atoms with E-state index in [1.165, 1.54) is 4.90 Å². The number of nitrogens with zero attached hydrogens (tertiary/aromatic N) is 2. The van der Waals surface area contributed by atoms with Gasteiger partial charge in [-0.25, -0.2) is 8.42 Å². The first-order valence-corrected chi connectivity index (χ1v) is 12.6. The van der Waals surface area contributed by atoms with Crippen LogP contribution in [0.1, 0.15) is 37.8 Å². The molecular weight excluding hydrogens is 426 g/mol. The van der Waals surface area contributed by atoms with E-state index in [-0.39, 0.29) is 19.0 Å². The van der Waals surface area contributed by atoms with Crippen LogP contribution in [-0.4, -0.2) is 50.5 Å². The number of carbonyl (C=O) groups excluding carboxylic acids is 2. The first-order chi connectivity index (χ1) is 15.1. The average molecular weight is 460 g/mol. The molecule has 2 aromatic rings. The molecule has 2 amide bonds. The third-order valence-corrected chi connectivity index (χ3v) is 6.30. The number of amides is 2. The molecule has 0 aliphatic carbocycles. The molecule has 0 aliphatic rings. The summed E-state index contributed by atoms with van der Waals surface area (Å²) in [6.07, 6.45) is 2.86. The van der Waals surface area contributed by atoms with Crippen molar-refractivity contribution in [2.24, 2.45) is 0 Å². The van der Waals surface area contributed by atoms with E-state index in [9.17, 15) is 18.0 Å². The number of para-hydroxylation sites is 1. The Balaban J connectivity index is 2.31. The van der Waals surface area contributed by atoms with Crippen molar-refractivity contribution in [2.45, 2.75) is 46.2 Å². The molecule has 0 aliphatic heterocycles. The molecule has 0 aromatic heterocycles. The van der Waals surface area contributed by atoms with Crippen molar-refractivity contribution in [2.75, 3.05) is 23.7 Å². The maximum Gasteiger partial charge on any atom is 0.244 e. The van der Waals surface area contributed by atoms with Crippen LogP contribution in [0.15, 0.2) is 54.6 Å². The number of hydrogen-bond acceptors (Lipinski definition) is 4. The second kappa shape index (κ2) is 11.7. The molecule has 0 saturated carbocycles. The number of anilines is 1. The van der Waals surface area contributed by atoms with E-state index < -0.39 is 22.0 Å². The Kier molecular flexibility index (Phi) is 9.26. The normalized spacial score (nSPS) is 12.1. The quantitative estimate of drug-likeness (QED) is 0.523. The zero-order chi connectivity index (χ0) is 23.7. The van der Waals surface area contributed by atoms with Gasteiger partial charge in [-0.15, -0.1) is 0 Å². The summed E-state index contributed by atoms with van der Waals surface area (Å²) in [4.78, 5) is 27.6. The number of carbonyl (C=O) groups is 2. The predicted octanol–water partition coefficient (Wildman–Crippen LogP) is 3.09. The molecule has 174 valence electrons. The number of benzene rings is 2. The van der Waals surface area contributed by atoms with Crippen molar-refractivity contribution in [1.29, 1.82) is 0 Å². The molecular formula is C24H33N3O4S. The van der Waals surface area contributed by atoms with Gasteiger partial charge in [0.05, 0.1) is 11.9 Å². The molecule has 1 N–H and O–H groups in total. The molecule has 0 heterocycles. The Morgan fingerprint density at radius 1 is 1.06 bits per heavy atom. The van der Waals surface area contributed by atoms with Gasteiger partial charge in [0.1, 0.15) is 12.6 Å². The number of hydrogen-bond donors (Lipinski definition) is 1. The number of sulfonamides is 1. The number of unbranched alkanes of at least 4 members (excludes halogenated alkanes) is 1. The van der Waals surface area contributed by atoms with Crippen LogP contribution in [0.2, 0.25) is 0 Å². The number of rotatable bonds is 11. The van der Waals surface area contributed by atoms with Crippen LogP contribution in [0, 0.1) is 6.92 Å². The van der Waals surface area contributed by atoms with Gasteiger partial charge in [-0.1, -0.05) is 61.4 Å². The monoisotopic (exact) mass is 459 g/mol. The maximum atomic E-state index is 13.4. The fraction of sp³-hybridized carbons (Fsp3) is 0.417. The van der Waals surface area contributed by atoms with Gasteiger partial charge in [0, 0.05) is 13.1 Å². The van der Waals surface area contributed by atoms with E-state index in [1.807, 2.05) is 38.1 Å². The van der Waals surface area contributed by atoms with Crippen molar-refractivity contribution in [3.05, 3.63) is 65.7 Å². The van der Waals surface area contributed by atoms with Crippen molar-refractivity contribution in [3.63, 3.8) is 0 Å². The fourth-order valence-electron chi connectivity index (χ4n) is 3.33. The highest BCUT2D eigenvalue weighted by atomic mass is 32.2. The van der Waals surface area contributed by atoms with E-state index in [0.29, 0.717) is 12.2 Å². The van der Waals surface area contributed by atoms with E-state index in [0.717, 1.165) is 34.5 Å². The summed E-state index contributed by atoms with van der Waals surface area (Å²) in [5.74, 6) is -0.705. The number of aryl methyl sites for hydroxylation is 1. The van der Waals surface area contributed by atoms with Crippen molar-refractivity contribution >= 4 is 27.5 Å².